The molecule has 1 aromatic rings. The Balaban J connectivity index is 2.12. The average Bonchev–Trinajstić information content (AvgIpc) is 2.41. The molecule has 0 saturated carbocycles. The maximum atomic E-state index is 11.6. The highest BCUT2D eigenvalue weighted by Crippen LogP contribution is 2.22. The number of nitrogens with two attached hydrogens (primary N) is 1. The van der Waals surface area contributed by atoms with Gasteiger partial charge >= 0.3 is 0 Å². The zero-order chi connectivity index (χ0) is 13.0. The monoisotopic (exact) mass is 248 g/mol. The Morgan fingerprint density at radius 2 is 2.00 bits per heavy atom. The molecule has 1 aromatic carbocycles. The van der Waals surface area contributed by atoms with E-state index < -0.39 is 0 Å². The van der Waals surface area contributed by atoms with Crippen molar-refractivity contribution in [1.82, 2.24) is 10.3 Å². The Hall–Kier alpha value is -1.75. The first-order valence-electron chi connectivity index (χ1n) is 6.34. The molecule has 0 aromatic heterocycles. The van der Waals surface area contributed by atoms with Crippen LogP contribution >= 0.6 is 0 Å². The lowest BCUT2D eigenvalue weighted by Crippen LogP contribution is -2.35. The molecule has 18 heavy (non-hydrogen) atoms. The second-order valence-electron chi connectivity index (χ2n) is 4.54. The van der Waals surface area contributed by atoms with Crippen molar-refractivity contribution in [2.45, 2.75) is 19.3 Å². The van der Waals surface area contributed by atoms with Gasteiger partial charge in [-0.15, -0.1) is 0 Å². The molecule has 4 N–H and O–H groups in total. The van der Waals surface area contributed by atoms with Crippen LogP contribution in [0.25, 0.3) is 0 Å². The highest BCUT2D eigenvalue weighted by atomic mass is 16.1. The van der Waals surface area contributed by atoms with Crippen LogP contribution in [0.15, 0.2) is 18.2 Å². The number of nitrogens with one attached hydrogen (secondary N) is 2. The second kappa shape index (κ2) is 5.73. The minimum atomic E-state index is -0.100. The first kappa shape index (κ1) is 12.7. The van der Waals surface area contributed by atoms with Crippen molar-refractivity contribution < 1.29 is 4.79 Å². The molecule has 5 heteroatoms. The van der Waals surface area contributed by atoms with Crippen LogP contribution in [0.5, 0.6) is 0 Å². The van der Waals surface area contributed by atoms with E-state index in [0.29, 0.717) is 11.3 Å². The lowest BCUT2D eigenvalue weighted by Gasteiger charge is -2.28. The highest BCUT2D eigenvalue weighted by Gasteiger charge is 2.12. The molecule has 5 nitrogen and oxygen atoms in total. The normalized spacial score (nSPS) is 16.3. The SMILES string of the molecule is CNC(=O)c1ccc(N)c(NN2CCCCC2)c1. The van der Waals surface area contributed by atoms with Crippen LogP contribution in [0.1, 0.15) is 29.6 Å². The Bertz CT molecular complexity index is 427. The number of hydrogen-bond donors (Lipinski definition) is 3. The summed E-state index contributed by atoms with van der Waals surface area (Å²) >= 11 is 0. The standard InChI is InChI=1S/C13H20N4O/c1-15-13(18)10-5-6-11(14)12(9-10)16-17-7-3-2-4-8-17/h5-6,9,16H,2-4,7-8,14H2,1H3,(H,15,18). The summed E-state index contributed by atoms with van der Waals surface area (Å²) in [6.45, 7) is 2.04. The molecule has 0 spiro atoms. The lowest BCUT2D eigenvalue weighted by molar-refractivity contribution is 0.0963. The predicted octanol–water partition coefficient (Wildman–Crippen LogP) is 1.44. The van der Waals surface area contributed by atoms with E-state index in [9.17, 15) is 4.79 Å². The van der Waals surface area contributed by atoms with Gasteiger partial charge in [-0.3, -0.25) is 4.79 Å². The van der Waals surface area contributed by atoms with Gasteiger partial charge in [0.2, 0.25) is 0 Å². The summed E-state index contributed by atoms with van der Waals surface area (Å²) in [5.74, 6) is -0.100. The summed E-state index contributed by atoms with van der Waals surface area (Å²) in [6, 6.07) is 5.29. The first-order valence-corrected chi connectivity index (χ1v) is 6.34. The molecule has 0 radical (unpaired) electrons. The zero-order valence-electron chi connectivity index (χ0n) is 10.7. The van der Waals surface area contributed by atoms with Gasteiger partial charge in [-0.05, 0) is 31.0 Å². The molecular weight excluding hydrogens is 228 g/mol. The van der Waals surface area contributed by atoms with Crippen LogP contribution in [-0.4, -0.2) is 31.1 Å². The Morgan fingerprint density at radius 3 is 2.67 bits per heavy atom. The second-order valence-corrected chi connectivity index (χ2v) is 4.54. The van der Waals surface area contributed by atoms with Gasteiger partial charge in [-0.2, -0.15) is 0 Å². The molecule has 0 atom stereocenters. The van der Waals surface area contributed by atoms with Crippen LogP contribution in [0, 0.1) is 0 Å². The van der Waals surface area contributed by atoms with Gasteiger partial charge in [0, 0.05) is 25.7 Å². The molecule has 1 amide bonds. The molecule has 2 rings (SSSR count). The van der Waals surface area contributed by atoms with Crippen molar-refractivity contribution in [1.29, 1.82) is 0 Å². The van der Waals surface area contributed by atoms with Crippen molar-refractivity contribution in [3.05, 3.63) is 23.8 Å². The Labute approximate surface area is 107 Å². The molecule has 1 aliphatic heterocycles. The quantitative estimate of drug-likeness (QED) is 0.708. The van der Waals surface area contributed by atoms with E-state index in [-0.39, 0.29) is 5.91 Å². The third-order valence-corrected chi connectivity index (χ3v) is 3.18. The number of piperidine rings is 1. The number of amides is 1. The third kappa shape index (κ3) is 2.92. The first-order chi connectivity index (χ1) is 8.70. The number of anilines is 2. The summed E-state index contributed by atoms with van der Waals surface area (Å²) in [4.78, 5) is 11.6. The molecule has 0 aliphatic carbocycles. The van der Waals surface area contributed by atoms with Crippen molar-refractivity contribution in [2.75, 3.05) is 31.3 Å². The van der Waals surface area contributed by atoms with Gasteiger partial charge < -0.3 is 16.5 Å². The summed E-state index contributed by atoms with van der Waals surface area (Å²) in [5, 5.41) is 4.77. The van der Waals surface area contributed by atoms with Crippen LogP contribution in [0.3, 0.4) is 0 Å². The maximum absolute atomic E-state index is 11.6. The molecule has 1 saturated heterocycles. The van der Waals surface area contributed by atoms with Gasteiger partial charge in [-0.1, -0.05) is 6.42 Å². The maximum Gasteiger partial charge on any atom is 0.251 e. The van der Waals surface area contributed by atoms with Gasteiger partial charge in [-0.25, -0.2) is 5.01 Å². The number of nitrogens with zero attached hydrogens (tertiary/aromatic N) is 1. The predicted molar refractivity (Wildman–Crippen MR) is 73.3 cm³/mol. The van der Waals surface area contributed by atoms with Crippen LogP contribution < -0.4 is 16.5 Å². The summed E-state index contributed by atoms with van der Waals surface area (Å²) in [7, 11) is 1.62. The van der Waals surface area contributed by atoms with E-state index in [0.717, 1.165) is 18.8 Å². The minimum Gasteiger partial charge on any atom is -0.397 e. The van der Waals surface area contributed by atoms with E-state index in [4.69, 9.17) is 5.73 Å². The summed E-state index contributed by atoms with van der Waals surface area (Å²) < 4.78 is 0. The summed E-state index contributed by atoms with van der Waals surface area (Å²) in [6.07, 6.45) is 3.68. The van der Waals surface area contributed by atoms with Crippen molar-refractivity contribution in [2.24, 2.45) is 0 Å². The van der Waals surface area contributed by atoms with E-state index in [1.165, 1.54) is 19.3 Å². The Kier molecular flexibility index (Phi) is 4.04. The Morgan fingerprint density at radius 1 is 1.28 bits per heavy atom. The van der Waals surface area contributed by atoms with E-state index >= 15 is 0 Å². The molecule has 1 heterocycles. The number of nitrogen functional groups attached to an aromatic ring is 1. The van der Waals surface area contributed by atoms with Crippen LogP contribution in [-0.2, 0) is 0 Å². The zero-order valence-corrected chi connectivity index (χ0v) is 10.7. The fraction of sp³-hybridized carbons (Fsp3) is 0.462. The number of benzene rings is 1. The van der Waals surface area contributed by atoms with Gasteiger partial charge in [0.1, 0.15) is 0 Å². The molecule has 0 unspecified atom stereocenters. The van der Waals surface area contributed by atoms with Gasteiger partial charge in [0.05, 0.1) is 11.4 Å². The fourth-order valence-corrected chi connectivity index (χ4v) is 2.11. The number of rotatable bonds is 3. The van der Waals surface area contributed by atoms with E-state index in [1.54, 1.807) is 25.2 Å². The van der Waals surface area contributed by atoms with Gasteiger partial charge in [0.25, 0.3) is 5.91 Å². The van der Waals surface area contributed by atoms with Gasteiger partial charge in [0.15, 0.2) is 0 Å². The smallest absolute Gasteiger partial charge is 0.251 e. The number of hydrazine groups is 1. The van der Waals surface area contributed by atoms with Crippen molar-refractivity contribution in [3.63, 3.8) is 0 Å². The highest BCUT2D eigenvalue weighted by molar-refractivity contribution is 5.95. The number of carbonyl (C=O) groups excluding carboxylic acids is 1. The van der Waals surface area contributed by atoms with E-state index in [1.807, 2.05) is 0 Å². The number of hydrogen-bond acceptors (Lipinski definition) is 4. The lowest BCUT2D eigenvalue weighted by atomic mass is 10.1. The van der Waals surface area contributed by atoms with Crippen molar-refractivity contribution >= 4 is 17.3 Å². The molecular formula is C13H20N4O. The van der Waals surface area contributed by atoms with Crippen LogP contribution in [0.2, 0.25) is 0 Å². The van der Waals surface area contributed by atoms with E-state index in [2.05, 4.69) is 15.8 Å². The summed E-state index contributed by atoms with van der Waals surface area (Å²) in [5.41, 5.74) is 11.3. The topological polar surface area (TPSA) is 70.4 Å². The molecule has 1 fully saturated rings. The minimum absolute atomic E-state index is 0.100. The average molecular weight is 248 g/mol. The molecule has 1 aliphatic rings. The number of carbonyl (C=O) groups is 1. The van der Waals surface area contributed by atoms with Crippen LogP contribution in [0.4, 0.5) is 11.4 Å². The fourth-order valence-electron chi connectivity index (χ4n) is 2.11. The molecule has 0 bridgehead atoms. The third-order valence-electron chi connectivity index (χ3n) is 3.18. The van der Waals surface area contributed by atoms with Crippen molar-refractivity contribution in [3.8, 4) is 0 Å². The largest absolute Gasteiger partial charge is 0.397 e. The molecule has 98 valence electrons.